The molecular formula is C41H31FN4S. The highest BCUT2D eigenvalue weighted by atomic mass is 32.2. The molecule has 47 heavy (non-hydrogen) atoms. The van der Waals surface area contributed by atoms with E-state index in [1.165, 1.54) is 26.3 Å². The summed E-state index contributed by atoms with van der Waals surface area (Å²) < 4.78 is 21.0. The summed E-state index contributed by atoms with van der Waals surface area (Å²) in [5, 5.41) is 2.29. The highest BCUT2D eigenvalue weighted by Gasteiger charge is 2.36. The fourth-order valence-corrected chi connectivity index (χ4v) is 8.87. The number of aromatic nitrogens is 4. The molecule has 0 fully saturated rings. The first-order valence-electron chi connectivity index (χ1n) is 15.9. The molecule has 8 aromatic rings. The van der Waals surface area contributed by atoms with Crippen molar-refractivity contribution in [2.45, 2.75) is 35.2 Å². The Bertz CT molecular complexity index is 2510. The molecule has 0 spiro atoms. The molecule has 0 aliphatic carbocycles. The number of fused-ring (bicyclic) bond motifs is 7. The quantitative estimate of drug-likeness (QED) is 0.194. The fourth-order valence-electron chi connectivity index (χ4n) is 7.46. The summed E-state index contributed by atoms with van der Waals surface area (Å²) in [5.74, 6) is 1.63. The molecule has 9 rings (SSSR count). The van der Waals surface area contributed by atoms with Crippen LogP contribution in [-0.4, -0.2) is 19.1 Å². The number of imidazole rings is 1. The van der Waals surface area contributed by atoms with Crippen molar-refractivity contribution in [2.75, 3.05) is 0 Å². The van der Waals surface area contributed by atoms with Crippen molar-refractivity contribution in [1.29, 1.82) is 0 Å². The Hall–Kier alpha value is -5.20. The minimum atomic E-state index is -1.32. The Morgan fingerprint density at radius 3 is 2.38 bits per heavy atom. The van der Waals surface area contributed by atoms with E-state index in [1.807, 2.05) is 97.8 Å². The summed E-state index contributed by atoms with van der Waals surface area (Å²) in [7, 11) is 2.01. The third kappa shape index (κ3) is 4.21. The van der Waals surface area contributed by atoms with E-state index in [-0.39, 0.29) is 5.41 Å². The summed E-state index contributed by atoms with van der Waals surface area (Å²) >= 11 is 1.83. The molecule has 0 N–H and O–H groups in total. The van der Waals surface area contributed by atoms with Gasteiger partial charge < -0.3 is 4.57 Å². The summed E-state index contributed by atoms with van der Waals surface area (Å²) in [6.45, 7) is 4.63. The Balaban J connectivity index is 1.23. The first-order valence-corrected chi connectivity index (χ1v) is 16.7. The zero-order valence-electron chi connectivity index (χ0n) is 26.3. The zero-order valence-corrected chi connectivity index (χ0v) is 27.1. The van der Waals surface area contributed by atoms with E-state index in [0.29, 0.717) is 11.1 Å². The first kappa shape index (κ1) is 28.1. The molecule has 3 aromatic heterocycles. The monoisotopic (exact) mass is 630 g/mol. The minimum Gasteiger partial charge on any atom is -0.327 e. The maximum absolute atomic E-state index is 16.7. The van der Waals surface area contributed by atoms with Gasteiger partial charge in [-0.25, -0.2) is 14.4 Å². The maximum Gasteiger partial charge on any atom is 0.150 e. The van der Waals surface area contributed by atoms with Crippen LogP contribution in [0.3, 0.4) is 0 Å². The van der Waals surface area contributed by atoms with E-state index in [1.54, 1.807) is 0 Å². The molecule has 1 aliphatic heterocycles. The van der Waals surface area contributed by atoms with E-state index in [9.17, 15) is 0 Å². The third-order valence-corrected chi connectivity index (χ3v) is 10.9. The van der Waals surface area contributed by atoms with E-state index < -0.39 is 6.17 Å². The molecule has 0 amide bonds. The lowest BCUT2D eigenvalue weighted by atomic mass is 9.76. The second-order valence-electron chi connectivity index (χ2n) is 12.8. The lowest BCUT2D eigenvalue weighted by Gasteiger charge is -2.35. The molecular weight excluding hydrogens is 600 g/mol. The SMILES string of the molecule is Cn1c(-c2cccc(C(F)c3ccc4c5c6c(ccc5n(-c5ccccn5)c4c3)Sc3ccccc3C6(C)C)c2)nc2ccccc21. The van der Waals surface area contributed by atoms with E-state index >= 15 is 4.39 Å². The van der Waals surface area contributed by atoms with Crippen LogP contribution in [0.5, 0.6) is 0 Å². The lowest BCUT2D eigenvalue weighted by Crippen LogP contribution is -2.24. The number of halogens is 1. The van der Waals surface area contributed by atoms with E-state index in [2.05, 4.69) is 71.5 Å². The minimum absolute atomic E-state index is 0.225. The van der Waals surface area contributed by atoms with Crippen molar-refractivity contribution in [3.8, 4) is 17.2 Å². The number of pyridine rings is 1. The maximum atomic E-state index is 16.7. The topological polar surface area (TPSA) is 35.6 Å². The van der Waals surface area contributed by atoms with Gasteiger partial charge in [-0.2, -0.15) is 0 Å². The van der Waals surface area contributed by atoms with Gasteiger partial charge in [0.05, 0.1) is 22.1 Å². The van der Waals surface area contributed by atoms with Crippen LogP contribution in [0.15, 0.2) is 137 Å². The number of benzene rings is 5. The van der Waals surface area contributed by atoms with E-state index in [4.69, 9.17) is 9.97 Å². The molecule has 1 aliphatic rings. The Morgan fingerprint density at radius 2 is 1.53 bits per heavy atom. The van der Waals surface area contributed by atoms with Gasteiger partial charge in [-0.3, -0.25) is 4.57 Å². The Labute approximate surface area is 276 Å². The molecule has 0 saturated heterocycles. The van der Waals surface area contributed by atoms with Gasteiger partial charge in [0.25, 0.3) is 0 Å². The van der Waals surface area contributed by atoms with Gasteiger partial charge >= 0.3 is 0 Å². The number of hydrogen-bond acceptors (Lipinski definition) is 3. The molecule has 4 nitrogen and oxygen atoms in total. The van der Waals surface area contributed by atoms with Crippen LogP contribution in [-0.2, 0) is 12.5 Å². The molecule has 5 aromatic carbocycles. The van der Waals surface area contributed by atoms with Gasteiger partial charge in [0.2, 0.25) is 0 Å². The van der Waals surface area contributed by atoms with Crippen LogP contribution in [0.1, 0.15) is 42.3 Å². The third-order valence-electron chi connectivity index (χ3n) is 9.72. The molecule has 1 atom stereocenters. The van der Waals surface area contributed by atoms with Crippen LogP contribution in [0.2, 0.25) is 0 Å². The van der Waals surface area contributed by atoms with Crippen molar-refractivity contribution in [2.24, 2.45) is 7.05 Å². The highest BCUT2D eigenvalue weighted by molar-refractivity contribution is 7.99. The van der Waals surface area contributed by atoms with Crippen LogP contribution in [0, 0.1) is 0 Å². The summed E-state index contributed by atoms with van der Waals surface area (Å²) in [5.41, 5.74) is 8.48. The van der Waals surface area contributed by atoms with Gasteiger partial charge in [-0.1, -0.05) is 92.3 Å². The smallest absolute Gasteiger partial charge is 0.150 e. The summed E-state index contributed by atoms with van der Waals surface area (Å²) in [4.78, 5) is 12.2. The number of alkyl halides is 1. The zero-order chi connectivity index (χ0) is 31.9. The van der Waals surface area contributed by atoms with Crippen LogP contribution in [0.25, 0.3) is 50.0 Å². The first-order chi connectivity index (χ1) is 22.9. The van der Waals surface area contributed by atoms with Gasteiger partial charge in [0, 0.05) is 44.8 Å². The highest BCUT2D eigenvalue weighted by Crippen LogP contribution is 2.53. The van der Waals surface area contributed by atoms with E-state index in [0.717, 1.165) is 44.7 Å². The van der Waals surface area contributed by atoms with Gasteiger partial charge in [0.1, 0.15) is 11.6 Å². The van der Waals surface area contributed by atoms with Crippen molar-refractivity contribution < 1.29 is 4.39 Å². The molecule has 0 radical (unpaired) electrons. The van der Waals surface area contributed by atoms with Crippen LogP contribution in [0.4, 0.5) is 4.39 Å². The van der Waals surface area contributed by atoms with Crippen molar-refractivity contribution in [3.63, 3.8) is 0 Å². The van der Waals surface area contributed by atoms with Crippen LogP contribution >= 0.6 is 11.8 Å². The van der Waals surface area contributed by atoms with Gasteiger partial charge in [0.15, 0.2) is 6.17 Å². The average Bonchev–Trinajstić information content (AvgIpc) is 3.62. The molecule has 0 saturated carbocycles. The number of rotatable bonds is 4. The molecule has 6 heteroatoms. The standard InChI is InChI=1S/C41H31FN4S/c1-41(2)29-13-4-7-16-34(29)47-35-21-20-32-37(38(35)41)28-19-18-26(24-33(28)46(32)36-17-8-9-22-43-36)39(42)25-11-10-12-27(23-25)40-44-30-14-5-6-15-31(30)45(40)3/h4-24,39H,1-3H3. The molecule has 4 heterocycles. The molecule has 1 unspecified atom stereocenters. The average molecular weight is 631 g/mol. The van der Waals surface area contributed by atoms with Gasteiger partial charge in [-0.05, 0) is 76.9 Å². The van der Waals surface area contributed by atoms with Gasteiger partial charge in [-0.15, -0.1) is 0 Å². The number of nitrogens with zero attached hydrogens (tertiary/aromatic N) is 4. The summed E-state index contributed by atoms with van der Waals surface area (Å²) in [6.07, 6.45) is 0.493. The number of para-hydroxylation sites is 2. The molecule has 0 bridgehead atoms. The Kier molecular flexibility index (Phi) is 6.21. The largest absolute Gasteiger partial charge is 0.327 e. The van der Waals surface area contributed by atoms with Crippen LogP contribution < -0.4 is 0 Å². The normalized spacial score (nSPS) is 14.4. The van der Waals surface area contributed by atoms with Crippen molar-refractivity contribution >= 4 is 44.6 Å². The predicted molar refractivity (Wildman–Crippen MR) is 190 cm³/mol. The lowest BCUT2D eigenvalue weighted by molar-refractivity contribution is 0.402. The van der Waals surface area contributed by atoms with Crippen molar-refractivity contribution in [3.05, 3.63) is 150 Å². The predicted octanol–water partition coefficient (Wildman–Crippen LogP) is 10.6. The second kappa shape index (κ2) is 10.4. The number of hydrogen-bond donors (Lipinski definition) is 0. The summed E-state index contributed by atoms with van der Waals surface area (Å²) in [6, 6.07) is 40.9. The molecule has 228 valence electrons. The van der Waals surface area contributed by atoms with Crippen molar-refractivity contribution in [1.82, 2.24) is 19.1 Å². The fraction of sp³-hybridized carbons (Fsp3) is 0.122. The Morgan fingerprint density at radius 1 is 0.723 bits per heavy atom. The second-order valence-corrected chi connectivity index (χ2v) is 13.9. The number of aryl methyl sites for hydroxylation is 1.